The Hall–Kier alpha value is -2.82. The standard InChI is InChI=1S/C17H19N5O5/c18-16-20-14-13(15(25)21-16)19-17(26-8-9-4-2-1-3-5-9)22(14)12-6-10(24)11(7-23)27-12/h1-5,10-13,23-24H,6-8H2,(H2,18,21,25). The van der Waals surface area contributed by atoms with E-state index in [1.54, 1.807) is 0 Å². The molecule has 1 saturated heterocycles. The summed E-state index contributed by atoms with van der Waals surface area (Å²) in [5, 5.41) is 19.4. The van der Waals surface area contributed by atoms with Crippen LogP contribution in [0.15, 0.2) is 45.3 Å². The molecule has 1 fully saturated rings. The SMILES string of the molecule is NC1=NC(=O)C2N=C(OCc3ccccc3)N(C3CC(O)C(CO)O3)C2=N1. The number of rotatable bonds is 4. The minimum Gasteiger partial charge on any atom is -0.460 e. The topological polar surface area (TPSA) is 142 Å². The summed E-state index contributed by atoms with van der Waals surface area (Å²) < 4.78 is 11.5. The molecule has 142 valence electrons. The highest BCUT2D eigenvalue weighted by Crippen LogP contribution is 2.29. The van der Waals surface area contributed by atoms with Crippen molar-refractivity contribution in [3.63, 3.8) is 0 Å². The van der Waals surface area contributed by atoms with Crippen LogP contribution in [0.2, 0.25) is 0 Å². The highest BCUT2D eigenvalue weighted by Gasteiger charge is 2.48. The lowest BCUT2D eigenvalue weighted by molar-refractivity contribution is -0.117. The summed E-state index contributed by atoms with van der Waals surface area (Å²) in [7, 11) is 0. The fraction of sp³-hybridized carbons (Fsp3) is 0.412. The highest BCUT2D eigenvalue weighted by molar-refractivity contribution is 6.23. The average molecular weight is 373 g/mol. The number of hydrogen-bond acceptors (Lipinski definition) is 9. The van der Waals surface area contributed by atoms with Crippen molar-refractivity contribution in [3.05, 3.63) is 35.9 Å². The molecule has 27 heavy (non-hydrogen) atoms. The van der Waals surface area contributed by atoms with Crippen molar-refractivity contribution >= 4 is 23.7 Å². The molecule has 0 radical (unpaired) electrons. The van der Waals surface area contributed by atoms with Crippen LogP contribution in [0.1, 0.15) is 12.0 Å². The zero-order chi connectivity index (χ0) is 19.0. The van der Waals surface area contributed by atoms with E-state index in [0.29, 0.717) is 0 Å². The third-order valence-corrected chi connectivity index (χ3v) is 4.51. The van der Waals surface area contributed by atoms with Gasteiger partial charge in [0.05, 0.1) is 12.7 Å². The van der Waals surface area contributed by atoms with Crippen LogP contribution in [0.5, 0.6) is 0 Å². The second kappa shape index (κ2) is 7.06. The van der Waals surface area contributed by atoms with Gasteiger partial charge in [0.25, 0.3) is 11.9 Å². The van der Waals surface area contributed by atoms with Crippen molar-refractivity contribution < 1.29 is 24.5 Å². The van der Waals surface area contributed by atoms with E-state index >= 15 is 0 Å². The van der Waals surface area contributed by atoms with Crippen LogP contribution in [0, 0.1) is 0 Å². The largest absolute Gasteiger partial charge is 0.460 e. The van der Waals surface area contributed by atoms with Gasteiger partial charge in [-0.3, -0.25) is 9.69 Å². The predicted octanol–water partition coefficient (Wildman–Crippen LogP) is -1.04. The summed E-state index contributed by atoms with van der Waals surface area (Å²) in [6.45, 7) is -0.110. The number of ether oxygens (including phenoxy) is 2. The highest BCUT2D eigenvalue weighted by atomic mass is 16.6. The first-order valence-corrected chi connectivity index (χ1v) is 8.51. The summed E-state index contributed by atoms with van der Waals surface area (Å²) in [6, 6.07) is 8.64. The van der Waals surface area contributed by atoms with Gasteiger partial charge in [0.15, 0.2) is 11.9 Å². The number of amides is 1. The number of guanidine groups is 1. The van der Waals surface area contributed by atoms with Gasteiger partial charge in [0.1, 0.15) is 18.9 Å². The molecule has 3 aliphatic heterocycles. The van der Waals surface area contributed by atoms with Crippen LogP contribution in [0.25, 0.3) is 0 Å². The maximum Gasteiger partial charge on any atom is 0.296 e. The van der Waals surface area contributed by atoms with Gasteiger partial charge in [-0.25, -0.2) is 4.99 Å². The predicted molar refractivity (Wildman–Crippen MR) is 94.7 cm³/mol. The quantitative estimate of drug-likeness (QED) is 0.612. The smallest absolute Gasteiger partial charge is 0.296 e. The van der Waals surface area contributed by atoms with Crippen LogP contribution >= 0.6 is 0 Å². The molecule has 10 nitrogen and oxygen atoms in total. The molecule has 10 heteroatoms. The van der Waals surface area contributed by atoms with Crippen LogP contribution in [0.4, 0.5) is 0 Å². The molecular weight excluding hydrogens is 354 g/mol. The Morgan fingerprint density at radius 2 is 2.07 bits per heavy atom. The lowest BCUT2D eigenvalue weighted by atomic mass is 10.1. The molecule has 4 atom stereocenters. The lowest BCUT2D eigenvalue weighted by Gasteiger charge is -2.28. The number of fused-ring (bicyclic) bond motifs is 1. The number of aliphatic imine (C=N–C) groups is 3. The van der Waals surface area contributed by atoms with Crippen LogP contribution in [0.3, 0.4) is 0 Å². The number of nitrogens with two attached hydrogens (primary N) is 1. The Labute approximate surface area is 154 Å². The van der Waals surface area contributed by atoms with Gasteiger partial charge >= 0.3 is 0 Å². The molecule has 1 aromatic carbocycles. The monoisotopic (exact) mass is 373 g/mol. The lowest BCUT2D eigenvalue weighted by Crippen LogP contribution is -2.47. The van der Waals surface area contributed by atoms with Gasteiger partial charge in [-0.05, 0) is 5.56 Å². The molecule has 3 aliphatic rings. The number of nitrogens with zero attached hydrogens (tertiary/aromatic N) is 4. The van der Waals surface area contributed by atoms with E-state index in [1.165, 1.54) is 4.90 Å². The van der Waals surface area contributed by atoms with E-state index in [1.807, 2.05) is 30.3 Å². The summed E-state index contributed by atoms with van der Waals surface area (Å²) in [4.78, 5) is 25.8. The molecular formula is C17H19N5O5. The molecule has 0 spiro atoms. The van der Waals surface area contributed by atoms with Crippen molar-refractivity contribution in [3.8, 4) is 0 Å². The Morgan fingerprint density at radius 3 is 2.78 bits per heavy atom. The second-order valence-electron chi connectivity index (χ2n) is 6.35. The molecule has 0 bridgehead atoms. The molecule has 0 aromatic heterocycles. The number of carbonyl (C=O) groups excluding carboxylic acids is 1. The summed E-state index contributed by atoms with van der Waals surface area (Å²) in [6.07, 6.45) is -2.11. The van der Waals surface area contributed by atoms with E-state index < -0.39 is 30.4 Å². The number of aliphatic hydroxyl groups excluding tert-OH is 2. The minimum absolute atomic E-state index is 0.136. The van der Waals surface area contributed by atoms with Crippen LogP contribution in [-0.2, 0) is 20.9 Å². The fourth-order valence-corrected chi connectivity index (χ4v) is 3.19. The Morgan fingerprint density at radius 1 is 1.30 bits per heavy atom. The normalized spacial score (nSPS) is 29.9. The number of hydrogen-bond donors (Lipinski definition) is 3. The van der Waals surface area contributed by atoms with Crippen LogP contribution in [-0.4, -0.2) is 69.9 Å². The first kappa shape index (κ1) is 17.6. The van der Waals surface area contributed by atoms with Crippen molar-refractivity contribution in [1.82, 2.24) is 4.90 Å². The van der Waals surface area contributed by atoms with Gasteiger partial charge in [0.2, 0.25) is 5.96 Å². The molecule has 1 amide bonds. The second-order valence-corrected chi connectivity index (χ2v) is 6.35. The maximum absolute atomic E-state index is 12.2. The first-order valence-electron chi connectivity index (χ1n) is 8.51. The molecule has 0 saturated carbocycles. The first-order chi connectivity index (χ1) is 13.1. The Balaban J connectivity index is 1.60. The van der Waals surface area contributed by atoms with E-state index in [0.717, 1.165) is 5.56 Å². The van der Waals surface area contributed by atoms with E-state index in [2.05, 4.69) is 15.0 Å². The molecule has 4 rings (SSSR count). The third-order valence-electron chi connectivity index (χ3n) is 4.51. The van der Waals surface area contributed by atoms with Gasteiger partial charge in [0, 0.05) is 6.42 Å². The molecule has 1 aromatic rings. The van der Waals surface area contributed by atoms with Crippen molar-refractivity contribution in [1.29, 1.82) is 0 Å². The summed E-state index contributed by atoms with van der Waals surface area (Å²) in [5.41, 5.74) is 6.54. The molecule has 4 unspecified atom stereocenters. The van der Waals surface area contributed by atoms with Gasteiger partial charge < -0.3 is 25.4 Å². The van der Waals surface area contributed by atoms with Gasteiger partial charge in [-0.1, -0.05) is 30.3 Å². The third kappa shape index (κ3) is 3.29. The minimum atomic E-state index is -0.961. The zero-order valence-corrected chi connectivity index (χ0v) is 14.3. The number of carbonyl (C=O) groups is 1. The Bertz CT molecular complexity index is 824. The molecule has 3 heterocycles. The molecule has 0 aliphatic carbocycles. The molecule has 4 N–H and O–H groups in total. The summed E-state index contributed by atoms with van der Waals surface area (Å²) in [5.74, 6) is -0.475. The number of aliphatic hydroxyl groups is 2. The van der Waals surface area contributed by atoms with Crippen molar-refractivity contribution in [2.24, 2.45) is 20.7 Å². The average Bonchev–Trinajstić information content (AvgIpc) is 3.20. The van der Waals surface area contributed by atoms with Gasteiger partial charge in [-0.2, -0.15) is 9.98 Å². The van der Waals surface area contributed by atoms with Crippen molar-refractivity contribution in [2.75, 3.05) is 6.61 Å². The number of benzene rings is 1. The fourth-order valence-electron chi connectivity index (χ4n) is 3.19. The van der Waals surface area contributed by atoms with Crippen LogP contribution < -0.4 is 5.73 Å². The Kier molecular flexibility index (Phi) is 4.60. The maximum atomic E-state index is 12.2. The van der Waals surface area contributed by atoms with Gasteiger partial charge in [-0.15, -0.1) is 0 Å². The van der Waals surface area contributed by atoms with Crippen molar-refractivity contribution in [2.45, 2.75) is 37.5 Å². The van der Waals surface area contributed by atoms with E-state index in [-0.39, 0.29) is 37.5 Å². The van der Waals surface area contributed by atoms with E-state index in [4.69, 9.17) is 15.2 Å². The summed E-state index contributed by atoms with van der Waals surface area (Å²) >= 11 is 0. The number of amidine groups is 2. The zero-order valence-electron chi connectivity index (χ0n) is 14.3. The van der Waals surface area contributed by atoms with E-state index in [9.17, 15) is 15.0 Å².